The quantitative estimate of drug-likeness (QED) is 0.777. The first kappa shape index (κ1) is 14.6. The van der Waals surface area contributed by atoms with Crippen LogP contribution in [0.15, 0.2) is 30.3 Å². The molecule has 0 N–H and O–H groups in total. The van der Waals surface area contributed by atoms with Crippen molar-refractivity contribution in [2.45, 2.75) is 20.8 Å². The number of hydrogen-bond donors (Lipinski definition) is 0. The number of ether oxygens (including phenoxy) is 1. The molecule has 0 aromatic heterocycles. The van der Waals surface area contributed by atoms with Crippen molar-refractivity contribution >= 4 is 17.4 Å². The fourth-order valence-electron chi connectivity index (χ4n) is 2.36. The summed E-state index contributed by atoms with van der Waals surface area (Å²) in [7, 11) is 1.63. The average Bonchev–Trinajstić information content (AvgIpc) is 2.37. The summed E-state index contributed by atoms with van der Waals surface area (Å²) in [5.41, 5.74) is 4.08. The van der Waals surface area contributed by atoms with Gasteiger partial charge >= 0.3 is 0 Å². The van der Waals surface area contributed by atoms with Crippen LogP contribution >= 0.6 is 11.6 Å². The lowest BCUT2D eigenvalue weighted by Crippen LogP contribution is -2.04. The summed E-state index contributed by atoms with van der Waals surface area (Å²) in [4.78, 5) is 12.6. The molecule has 0 aliphatic rings. The minimum Gasteiger partial charge on any atom is -0.496 e. The molecule has 20 heavy (non-hydrogen) atoms. The molecule has 0 saturated carbocycles. The number of methoxy groups -OCH3 is 1. The van der Waals surface area contributed by atoms with Crippen molar-refractivity contribution in [1.82, 2.24) is 0 Å². The van der Waals surface area contributed by atoms with Gasteiger partial charge in [0.15, 0.2) is 5.78 Å². The van der Waals surface area contributed by atoms with Crippen molar-refractivity contribution in [1.29, 1.82) is 0 Å². The third-order valence-corrected chi connectivity index (χ3v) is 3.61. The number of carbonyl (C=O) groups excluding carboxylic acids is 1. The molecule has 3 heteroatoms. The predicted octanol–water partition coefficient (Wildman–Crippen LogP) is 4.50. The lowest BCUT2D eigenvalue weighted by Gasteiger charge is -2.11. The Kier molecular flexibility index (Phi) is 4.15. The zero-order valence-electron chi connectivity index (χ0n) is 12.1. The first-order valence-electron chi connectivity index (χ1n) is 6.40. The third-order valence-electron chi connectivity index (χ3n) is 3.30. The molecule has 0 radical (unpaired) electrons. The maximum Gasteiger partial charge on any atom is 0.194 e. The fraction of sp³-hybridized carbons (Fsp3) is 0.235. The van der Waals surface area contributed by atoms with Crippen LogP contribution < -0.4 is 4.74 Å². The van der Waals surface area contributed by atoms with E-state index < -0.39 is 0 Å². The van der Waals surface area contributed by atoms with Crippen LogP contribution in [0.3, 0.4) is 0 Å². The fourth-order valence-corrected chi connectivity index (χ4v) is 2.68. The van der Waals surface area contributed by atoms with E-state index in [2.05, 4.69) is 0 Å². The van der Waals surface area contributed by atoms with Gasteiger partial charge in [-0.15, -0.1) is 0 Å². The smallest absolute Gasteiger partial charge is 0.194 e. The van der Waals surface area contributed by atoms with E-state index in [1.807, 2.05) is 39.0 Å². The van der Waals surface area contributed by atoms with Crippen LogP contribution in [-0.4, -0.2) is 12.9 Å². The van der Waals surface area contributed by atoms with Gasteiger partial charge in [-0.1, -0.05) is 17.7 Å². The molecule has 0 saturated heterocycles. The van der Waals surface area contributed by atoms with E-state index in [4.69, 9.17) is 16.3 Å². The molecule has 2 nitrogen and oxygen atoms in total. The van der Waals surface area contributed by atoms with Crippen molar-refractivity contribution in [3.8, 4) is 5.75 Å². The summed E-state index contributed by atoms with van der Waals surface area (Å²) < 4.78 is 5.32. The second-order valence-electron chi connectivity index (χ2n) is 4.96. The lowest BCUT2D eigenvalue weighted by atomic mass is 9.98. The summed E-state index contributed by atoms with van der Waals surface area (Å²) in [6, 6.07) is 9.14. The molecule has 0 aliphatic carbocycles. The highest BCUT2D eigenvalue weighted by Gasteiger charge is 2.15. The van der Waals surface area contributed by atoms with E-state index in [1.54, 1.807) is 19.2 Å². The Balaban J connectivity index is 2.49. The first-order valence-corrected chi connectivity index (χ1v) is 6.78. The zero-order valence-corrected chi connectivity index (χ0v) is 12.8. The molecule has 0 aliphatic heterocycles. The van der Waals surface area contributed by atoms with Gasteiger partial charge in [-0.05, 0) is 61.7 Å². The minimum atomic E-state index is -0.0659. The van der Waals surface area contributed by atoms with Crippen LogP contribution in [0.4, 0.5) is 0 Å². The first-order chi connectivity index (χ1) is 9.43. The Morgan fingerprint density at radius 2 is 1.65 bits per heavy atom. The second-order valence-corrected chi connectivity index (χ2v) is 5.36. The molecule has 0 bridgehead atoms. The van der Waals surface area contributed by atoms with Gasteiger partial charge in [0.1, 0.15) is 5.75 Å². The summed E-state index contributed by atoms with van der Waals surface area (Å²) in [6.45, 7) is 5.81. The molecule has 2 aromatic carbocycles. The van der Waals surface area contributed by atoms with Gasteiger partial charge < -0.3 is 4.74 Å². The van der Waals surface area contributed by atoms with E-state index in [-0.39, 0.29) is 5.78 Å². The number of rotatable bonds is 3. The normalized spacial score (nSPS) is 10.4. The molecule has 0 heterocycles. The lowest BCUT2D eigenvalue weighted by molar-refractivity contribution is 0.103. The number of halogens is 1. The number of ketones is 1. The van der Waals surface area contributed by atoms with Crippen molar-refractivity contribution in [3.05, 3.63) is 63.2 Å². The van der Waals surface area contributed by atoms with Crippen LogP contribution in [0.2, 0.25) is 5.02 Å². The largest absolute Gasteiger partial charge is 0.496 e. The molecule has 2 aromatic rings. The van der Waals surface area contributed by atoms with Gasteiger partial charge in [-0.2, -0.15) is 0 Å². The number of carbonyl (C=O) groups is 1. The molecule has 2 rings (SSSR count). The van der Waals surface area contributed by atoms with Crippen LogP contribution in [0.1, 0.15) is 32.6 Å². The van der Waals surface area contributed by atoms with Crippen LogP contribution in [0.25, 0.3) is 0 Å². The van der Waals surface area contributed by atoms with Crippen molar-refractivity contribution in [2.24, 2.45) is 0 Å². The average molecular weight is 289 g/mol. The van der Waals surface area contributed by atoms with E-state index in [9.17, 15) is 4.79 Å². The Labute approximate surface area is 124 Å². The molecule has 0 fully saturated rings. The number of hydrogen-bond acceptors (Lipinski definition) is 2. The second kappa shape index (κ2) is 5.68. The predicted molar refractivity (Wildman–Crippen MR) is 82.1 cm³/mol. The van der Waals surface area contributed by atoms with Gasteiger partial charge in [0.25, 0.3) is 0 Å². The van der Waals surface area contributed by atoms with Gasteiger partial charge in [0.05, 0.1) is 12.1 Å². The molecular weight excluding hydrogens is 272 g/mol. The molecule has 104 valence electrons. The van der Waals surface area contributed by atoms with Gasteiger partial charge in [-0.25, -0.2) is 0 Å². The number of aryl methyl sites for hydroxylation is 3. The maximum atomic E-state index is 12.6. The van der Waals surface area contributed by atoms with Crippen molar-refractivity contribution < 1.29 is 9.53 Å². The third kappa shape index (κ3) is 2.70. The summed E-state index contributed by atoms with van der Waals surface area (Å²) in [5.74, 6) is 0.750. The van der Waals surface area contributed by atoms with Crippen molar-refractivity contribution in [2.75, 3.05) is 7.11 Å². The van der Waals surface area contributed by atoms with E-state index in [1.165, 1.54) is 0 Å². The van der Waals surface area contributed by atoms with Crippen molar-refractivity contribution in [3.63, 3.8) is 0 Å². The molecule has 0 atom stereocenters. The highest BCUT2D eigenvalue weighted by atomic mass is 35.5. The Morgan fingerprint density at radius 1 is 1.05 bits per heavy atom. The number of benzene rings is 2. The molecular formula is C17H17ClO2. The Bertz CT molecular complexity index is 652. The Morgan fingerprint density at radius 3 is 2.15 bits per heavy atom. The van der Waals surface area contributed by atoms with E-state index in [0.717, 1.165) is 22.4 Å². The van der Waals surface area contributed by atoms with Gasteiger partial charge in [-0.3, -0.25) is 4.79 Å². The Hall–Kier alpha value is -1.80. The van der Waals surface area contributed by atoms with Crippen LogP contribution in [-0.2, 0) is 0 Å². The summed E-state index contributed by atoms with van der Waals surface area (Å²) >= 11 is 6.17. The van der Waals surface area contributed by atoms with E-state index >= 15 is 0 Å². The van der Waals surface area contributed by atoms with E-state index in [0.29, 0.717) is 16.1 Å². The van der Waals surface area contributed by atoms with Crippen LogP contribution in [0, 0.1) is 20.8 Å². The van der Waals surface area contributed by atoms with Gasteiger partial charge in [0.2, 0.25) is 0 Å². The summed E-state index contributed by atoms with van der Waals surface area (Å²) in [5, 5.41) is 0.487. The monoisotopic (exact) mass is 288 g/mol. The molecule has 0 spiro atoms. The topological polar surface area (TPSA) is 26.3 Å². The zero-order chi connectivity index (χ0) is 14.9. The molecule has 0 amide bonds. The highest BCUT2D eigenvalue weighted by molar-refractivity contribution is 6.35. The van der Waals surface area contributed by atoms with Gasteiger partial charge in [0, 0.05) is 11.1 Å². The molecule has 0 unspecified atom stereocenters. The SMILES string of the molecule is COc1c(C)cc(C(=O)c2ccc(C)cc2Cl)cc1C. The standard InChI is InChI=1S/C17H17ClO2/c1-10-5-6-14(15(18)7-10)16(19)13-8-11(2)17(20-4)12(3)9-13/h5-9H,1-4H3. The highest BCUT2D eigenvalue weighted by Crippen LogP contribution is 2.27. The van der Waals surface area contributed by atoms with Crippen LogP contribution in [0.5, 0.6) is 5.75 Å². The maximum absolute atomic E-state index is 12.6. The summed E-state index contributed by atoms with van der Waals surface area (Å²) in [6.07, 6.45) is 0. The minimum absolute atomic E-state index is 0.0659.